The van der Waals surface area contributed by atoms with Crippen molar-refractivity contribution in [2.24, 2.45) is 0 Å². The fourth-order valence-electron chi connectivity index (χ4n) is 1.01. The molecule has 0 saturated carbocycles. The van der Waals surface area contributed by atoms with E-state index in [0.717, 1.165) is 0 Å². The molecule has 0 bridgehead atoms. The maximum Gasteiger partial charge on any atom is 0.161 e. The average Bonchev–Trinajstić information content (AvgIpc) is 2.15. The van der Waals surface area contributed by atoms with Crippen molar-refractivity contribution in [3.05, 3.63) is 0 Å². The predicted octanol–water partition coefficient (Wildman–Crippen LogP) is 1.97. The topological polar surface area (TPSA) is 52.6 Å². The number of rotatable bonds is 5. The molecule has 2 unspecified atom stereocenters. The van der Waals surface area contributed by atoms with Crippen LogP contribution in [-0.4, -0.2) is 38.0 Å². The molecule has 0 amide bonds. The second-order valence-corrected chi connectivity index (χ2v) is 2.53. The first-order valence-electron chi connectivity index (χ1n) is 3.75. The van der Waals surface area contributed by atoms with Gasteiger partial charge in [-0.2, -0.15) is 0 Å². The summed E-state index contributed by atoms with van der Waals surface area (Å²) in [5.74, 6) is -0.417. The third kappa shape index (κ3) is 6.25. The lowest BCUT2D eigenvalue weighted by molar-refractivity contribution is -0.146. The van der Waals surface area contributed by atoms with Crippen molar-refractivity contribution in [2.75, 3.05) is 14.2 Å². The van der Waals surface area contributed by atoms with Gasteiger partial charge in [0.05, 0.1) is 0 Å². The Hall–Kier alpha value is 0.720. The van der Waals surface area contributed by atoms with Crippen LogP contribution in [0.4, 0.5) is 0 Å². The lowest BCUT2D eigenvalue weighted by atomic mass is 10.1. The highest BCUT2D eigenvalue weighted by molar-refractivity contribution is 15.0. The van der Waals surface area contributed by atoms with E-state index in [4.69, 9.17) is 9.47 Å². The van der Waals surface area contributed by atoms with E-state index in [9.17, 15) is 9.59 Å². The number of hydrogen-bond donors (Lipinski definition) is 0. The Kier molecular flexibility index (Phi) is 12.5. The van der Waals surface area contributed by atoms with Gasteiger partial charge in [0, 0.05) is 51.5 Å². The zero-order chi connectivity index (χ0) is 11.7. The molecule has 0 aromatic rings. The van der Waals surface area contributed by atoms with Crippen LogP contribution in [0.2, 0.25) is 0 Å². The number of carbonyl (C=O) groups is 2. The summed E-state index contributed by atoms with van der Waals surface area (Å²) in [5, 5.41) is 0. The monoisotopic (exact) mass is 428 g/mol. The second-order valence-electron chi connectivity index (χ2n) is 2.53. The number of ether oxygens (including phenoxy) is 2. The molecule has 6 heteroatoms. The van der Waals surface area contributed by atoms with Crippen molar-refractivity contribution in [1.29, 1.82) is 0 Å². The molecule has 0 rings (SSSR count). The number of halogens is 2. The number of carbonyl (C=O) groups excluding carboxylic acids is 2. The molecule has 0 heterocycles. The predicted molar refractivity (Wildman–Crippen MR) is 71.0 cm³/mol. The maximum atomic E-state index is 10.9. The first kappa shape index (κ1) is 17.1. The molecule has 4 nitrogen and oxygen atoms in total. The minimum atomic E-state index is -0.785. The number of methoxy groups -OCH3 is 2. The Bertz CT molecular complexity index is 164. The van der Waals surface area contributed by atoms with Gasteiger partial charge in [-0.25, -0.2) is 0 Å². The van der Waals surface area contributed by atoms with E-state index < -0.39 is 12.2 Å². The molecule has 0 spiro atoms. The lowest BCUT2D eigenvalue weighted by Gasteiger charge is -2.19. The Balaban J connectivity index is 0. The van der Waals surface area contributed by atoms with Gasteiger partial charge in [0.15, 0.2) is 11.6 Å². The lowest BCUT2D eigenvalue weighted by Crippen LogP contribution is -2.40. The highest BCUT2D eigenvalue weighted by Crippen LogP contribution is 2.04. The third-order valence-electron chi connectivity index (χ3n) is 1.58. The summed E-state index contributed by atoms with van der Waals surface area (Å²) in [6.45, 7) is 2.73. The fourth-order valence-corrected chi connectivity index (χ4v) is 1.01. The Labute approximate surface area is 107 Å². The molecular weight excluding hydrogens is 414 g/mol. The molecule has 0 aromatic heterocycles. The molecule has 0 aliphatic heterocycles. The SMILES string of the molecule is COC(C(C)=O)C(OC)C(C)=O.II. The molecule has 14 heavy (non-hydrogen) atoms. The van der Waals surface area contributed by atoms with Gasteiger partial charge in [0.25, 0.3) is 0 Å². The zero-order valence-electron chi connectivity index (χ0n) is 8.54. The van der Waals surface area contributed by atoms with Gasteiger partial charge in [-0.1, -0.05) is 0 Å². The van der Waals surface area contributed by atoms with Crippen LogP contribution in [0.15, 0.2) is 0 Å². The first-order chi connectivity index (χ1) is 6.54. The van der Waals surface area contributed by atoms with Crippen molar-refractivity contribution in [1.82, 2.24) is 0 Å². The summed E-state index contributed by atoms with van der Waals surface area (Å²) >= 11 is 4.24. The van der Waals surface area contributed by atoms with Crippen molar-refractivity contribution < 1.29 is 19.1 Å². The van der Waals surface area contributed by atoms with Crippen LogP contribution in [-0.2, 0) is 19.1 Å². The van der Waals surface area contributed by atoms with Crippen LogP contribution in [0, 0.1) is 0 Å². The van der Waals surface area contributed by atoms with Crippen LogP contribution in [0.5, 0.6) is 0 Å². The highest BCUT2D eigenvalue weighted by Gasteiger charge is 2.28. The smallest absolute Gasteiger partial charge is 0.161 e. The third-order valence-corrected chi connectivity index (χ3v) is 1.58. The van der Waals surface area contributed by atoms with Crippen LogP contribution >= 0.6 is 37.2 Å². The Morgan fingerprint density at radius 1 is 0.929 bits per heavy atom. The molecule has 0 radical (unpaired) electrons. The quantitative estimate of drug-likeness (QED) is 0.629. The van der Waals surface area contributed by atoms with Gasteiger partial charge in [-0.05, 0) is 13.8 Å². The van der Waals surface area contributed by atoms with E-state index in [0.29, 0.717) is 0 Å². The minimum Gasteiger partial charge on any atom is -0.370 e. The molecule has 2 atom stereocenters. The normalized spacial score (nSPS) is 13.6. The summed E-state index contributed by atoms with van der Waals surface area (Å²) < 4.78 is 9.66. The molecule has 0 aliphatic carbocycles. The van der Waals surface area contributed by atoms with Gasteiger partial charge < -0.3 is 9.47 Å². The molecule has 0 aromatic carbocycles. The van der Waals surface area contributed by atoms with Crippen LogP contribution in [0.1, 0.15) is 13.8 Å². The van der Waals surface area contributed by atoms with Crippen molar-refractivity contribution >= 4 is 48.8 Å². The van der Waals surface area contributed by atoms with E-state index >= 15 is 0 Å². The standard InChI is InChI=1S/C8H14O4.I2/c1-5(9)7(11-3)8(12-4)6(2)10;1-2/h7-8H,1-4H3;. The fraction of sp³-hybridized carbons (Fsp3) is 0.750. The maximum absolute atomic E-state index is 10.9. The van der Waals surface area contributed by atoms with Crippen LogP contribution < -0.4 is 0 Å². The molecular formula is C8H14I2O4. The molecule has 0 saturated heterocycles. The molecule has 0 fully saturated rings. The van der Waals surface area contributed by atoms with E-state index in [1.807, 2.05) is 0 Å². The summed E-state index contributed by atoms with van der Waals surface area (Å²) in [6.07, 6.45) is -1.57. The van der Waals surface area contributed by atoms with Gasteiger partial charge >= 0.3 is 0 Å². The van der Waals surface area contributed by atoms with E-state index in [1.165, 1.54) is 28.1 Å². The number of hydrogen-bond acceptors (Lipinski definition) is 4. The van der Waals surface area contributed by atoms with E-state index in [-0.39, 0.29) is 11.6 Å². The van der Waals surface area contributed by atoms with Crippen molar-refractivity contribution in [2.45, 2.75) is 26.1 Å². The zero-order valence-corrected chi connectivity index (χ0v) is 12.9. The largest absolute Gasteiger partial charge is 0.370 e. The second kappa shape index (κ2) is 10.2. The highest BCUT2D eigenvalue weighted by atomic mass is 128. The summed E-state index contributed by atoms with van der Waals surface area (Å²) in [6, 6.07) is 0. The Morgan fingerprint density at radius 2 is 1.14 bits per heavy atom. The van der Waals surface area contributed by atoms with Gasteiger partial charge in [0.2, 0.25) is 0 Å². The number of Topliss-reactive ketones (excluding diaryl/α,β-unsaturated/α-hetero) is 2. The van der Waals surface area contributed by atoms with E-state index in [2.05, 4.69) is 37.2 Å². The molecule has 84 valence electrons. The molecule has 0 aliphatic rings. The first-order valence-corrected chi connectivity index (χ1v) is 10.0. The molecule has 0 N–H and O–H groups in total. The van der Waals surface area contributed by atoms with Crippen LogP contribution in [0.3, 0.4) is 0 Å². The van der Waals surface area contributed by atoms with Crippen LogP contribution in [0.25, 0.3) is 0 Å². The van der Waals surface area contributed by atoms with Crippen molar-refractivity contribution in [3.8, 4) is 0 Å². The Morgan fingerprint density at radius 3 is 1.21 bits per heavy atom. The number of ketones is 2. The van der Waals surface area contributed by atoms with Gasteiger partial charge in [-0.3, -0.25) is 9.59 Å². The van der Waals surface area contributed by atoms with E-state index in [1.54, 1.807) is 0 Å². The summed E-state index contributed by atoms with van der Waals surface area (Å²) in [7, 11) is 2.75. The summed E-state index contributed by atoms with van der Waals surface area (Å²) in [4.78, 5) is 21.8. The minimum absolute atomic E-state index is 0.209. The average molecular weight is 428 g/mol. The van der Waals surface area contributed by atoms with Gasteiger partial charge in [0.1, 0.15) is 12.2 Å². The van der Waals surface area contributed by atoms with Crippen molar-refractivity contribution in [3.63, 3.8) is 0 Å². The van der Waals surface area contributed by atoms with Gasteiger partial charge in [-0.15, -0.1) is 0 Å². The summed E-state index contributed by atoms with van der Waals surface area (Å²) in [5.41, 5.74) is 0.